The van der Waals surface area contributed by atoms with Gasteiger partial charge in [-0.1, -0.05) is 18.9 Å². The minimum Gasteiger partial charge on any atom is -0.504 e. The van der Waals surface area contributed by atoms with Gasteiger partial charge in [0.05, 0.1) is 7.11 Å². The minimum absolute atomic E-state index is 0. The number of benzene rings is 1. The van der Waals surface area contributed by atoms with Crippen molar-refractivity contribution in [1.82, 2.24) is 0 Å². The predicted molar refractivity (Wildman–Crippen MR) is 70.8 cm³/mol. The average Bonchev–Trinajstić information content (AvgIpc) is 2.82. The summed E-state index contributed by atoms with van der Waals surface area (Å²) < 4.78 is 5.09. The Bertz CT molecular complexity index is 364. The van der Waals surface area contributed by atoms with E-state index >= 15 is 0 Å². The van der Waals surface area contributed by atoms with Crippen molar-refractivity contribution in [3.63, 3.8) is 0 Å². The van der Waals surface area contributed by atoms with Gasteiger partial charge in [-0.3, -0.25) is 0 Å². The maximum atomic E-state index is 9.52. The molecule has 0 unspecified atom stereocenters. The van der Waals surface area contributed by atoms with Crippen LogP contribution in [0.25, 0.3) is 0 Å². The first-order chi connectivity index (χ1) is 7.72. The summed E-state index contributed by atoms with van der Waals surface area (Å²) in [6.45, 7) is 0. The summed E-state index contributed by atoms with van der Waals surface area (Å²) in [5.41, 5.74) is 7.29. The van der Waals surface area contributed by atoms with E-state index in [1.165, 1.54) is 25.7 Å². The molecule has 0 aliphatic heterocycles. The number of hydrogen-bond donors (Lipinski definition) is 2. The number of methoxy groups -OCH3 is 1. The molecule has 0 saturated heterocycles. The zero-order chi connectivity index (χ0) is 11.5. The Morgan fingerprint density at radius 1 is 1.35 bits per heavy atom. The van der Waals surface area contributed by atoms with E-state index in [1.54, 1.807) is 13.2 Å². The van der Waals surface area contributed by atoms with E-state index in [1.807, 2.05) is 12.1 Å². The zero-order valence-corrected chi connectivity index (χ0v) is 10.9. The van der Waals surface area contributed by atoms with Crippen molar-refractivity contribution in [3.05, 3.63) is 23.8 Å². The molecule has 0 amide bonds. The van der Waals surface area contributed by atoms with Crippen molar-refractivity contribution in [2.45, 2.75) is 31.7 Å². The molecular weight excluding hydrogens is 238 g/mol. The lowest BCUT2D eigenvalue weighted by atomic mass is 9.92. The SMILES string of the molecule is COc1cc([C@H](N)C2CCCC2)ccc1O.Cl. The monoisotopic (exact) mass is 257 g/mol. The number of phenols is 1. The largest absolute Gasteiger partial charge is 0.504 e. The summed E-state index contributed by atoms with van der Waals surface area (Å²) in [5.74, 6) is 1.25. The third-order valence-corrected chi connectivity index (χ3v) is 3.50. The van der Waals surface area contributed by atoms with Gasteiger partial charge in [0.1, 0.15) is 0 Å². The summed E-state index contributed by atoms with van der Waals surface area (Å²) >= 11 is 0. The van der Waals surface area contributed by atoms with Gasteiger partial charge in [-0.15, -0.1) is 12.4 Å². The second-order valence-corrected chi connectivity index (χ2v) is 4.50. The molecule has 17 heavy (non-hydrogen) atoms. The molecular formula is C13H20ClNO2. The van der Waals surface area contributed by atoms with Gasteiger partial charge in [0.15, 0.2) is 11.5 Å². The van der Waals surface area contributed by atoms with Crippen molar-refractivity contribution >= 4 is 12.4 Å². The first-order valence-electron chi connectivity index (χ1n) is 5.85. The fourth-order valence-electron chi connectivity index (χ4n) is 2.49. The van der Waals surface area contributed by atoms with E-state index in [-0.39, 0.29) is 24.2 Å². The number of ether oxygens (including phenoxy) is 1. The lowest BCUT2D eigenvalue weighted by Crippen LogP contribution is -2.19. The predicted octanol–water partition coefficient (Wildman–Crippen LogP) is 3.01. The third kappa shape index (κ3) is 3.05. The Balaban J connectivity index is 0.00000144. The fraction of sp³-hybridized carbons (Fsp3) is 0.538. The first-order valence-corrected chi connectivity index (χ1v) is 5.85. The number of nitrogens with two attached hydrogens (primary N) is 1. The molecule has 0 aromatic heterocycles. The van der Waals surface area contributed by atoms with Crippen LogP contribution in [-0.2, 0) is 0 Å². The second-order valence-electron chi connectivity index (χ2n) is 4.50. The van der Waals surface area contributed by atoms with Gasteiger partial charge in [0.2, 0.25) is 0 Å². The normalized spacial score (nSPS) is 17.5. The van der Waals surface area contributed by atoms with Crippen LogP contribution in [0.2, 0.25) is 0 Å². The van der Waals surface area contributed by atoms with E-state index in [0.29, 0.717) is 11.7 Å². The number of aromatic hydroxyl groups is 1. The van der Waals surface area contributed by atoms with Gasteiger partial charge in [-0.2, -0.15) is 0 Å². The molecule has 0 heterocycles. The summed E-state index contributed by atoms with van der Waals surface area (Å²) in [5, 5.41) is 9.52. The number of rotatable bonds is 3. The minimum atomic E-state index is 0. The molecule has 1 fully saturated rings. The molecule has 0 radical (unpaired) electrons. The van der Waals surface area contributed by atoms with Crippen LogP contribution < -0.4 is 10.5 Å². The standard InChI is InChI=1S/C13H19NO2.ClH/c1-16-12-8-10(6-7-11(12)15)13(14)9-4-2-3-5-9;/h6-9,13,15H,2-5,14H2,1H3;1H/t13-;/m1./s1. The summed E-state index contributed by atoms with van der Waals surface area (Å²) in [7, 11) is 1.56. The van der Waals surface area contributed by atoms with Gasteiger partial charge < -0.3 is 15.6 Å². The van der Waals surface area contributed by atoms with Crippen LogP contribution in [0, 0.1) is 5.92 Å². The maximum Gasteiger partial charge on any atom is 0.160 e. The molecule has 0 spiro atoms. The average molecular weight is 258 g/mol. The third-order valence-electron chi connectivity index (χ3n) is 3.50. The van der Waals surface area contributed by atoms with Crippen molar-refractivity contribution in [2.75, 3.05) is 7.11 Å². The lowest BCUT2D eigenvalue weighted by Gasteiger charge is -2.19. The maximum absolute atomic E-state index is 9.52. The van der Waals surface area contributed by atoms with Gasteiger partial charge in [-0.05, 0) is 36.5 Å². The van der Waals surface area contributed by atoms with E-state index in [9.17, 15) is 5.11 Å². The highest BCUT2D eigenvalue weighted by molar-refractivity contribution is 5.85. The zero-order valence-electron chi connectivity index (χ0n) is 10.1. The first kappa shape index (κ1) is 14.1. The van der Waals surface area contributed by atoms with Crippen LogP contribution in [0.15, 0.2) is 18.2 Å². The van der Waals surface area contributed by atoms with Crippen molar-refractivity contribution in [1.29, 1.82) is 0 Å². The lowest BCUT2D eigenvalue weighted by molar-refractivity contribution is 0.370. The quantitative estimate of drug-likeness (QED) is 0.875. The van der Waals surface area contributed by atoms with Crippen LogP contribution in [0.4, 0.5) is 0 Å². The molecule has 2 rings (SSSR count). The van der Waals surface area contributed by atoms with Crippen LogP contribution in [-0.4, -0.2) is 12.2 Å². The van der Waals surface area contributed by atoms with Crippen LogP contribution in [0.3, 0.4) is 0 Å². The second kappa shape index (κ2) is 6.12. The Kier molecular flexibility index (Phi) is 5.09. The number of halogens is 1. The summed E-state index contributed by atoms with van der Waals surface area (Å²) in [4.78, 5) is 0. The van der Waals surface area contributed by atoms with Crippen LogP contribution in [0.5, 0.6) is 11.5 Å². The Labute approximate surface area is 108 Å². The molecule has 3 N–H and O–H groups in total. The highest BCUT2D eigenvalue weighted by Crippen LogP contribution is 2.36. The molecule has 1 saturated carbocycles. The van der Waals surface area contributed by atoms with Crippen LogP contribution >= 0.6 is 12.4 Å². The summed E-state index contributed by atoms with van der Waals surface area (Å²) in [6, 6.07) is 5.46. The van der Waals surface area contributed by atoms with E-state index in [4.69, 9.17) is 10.5 Å². The molecule has 4 heteroatoms. The molecule has 3 nitrogen and oxygen atoms in total. The molecule has 96 valence electrons. The van der Waals surface area contributed by atoms with Gasteiger partial charge in [-0.25, -0.2) is 0 Å². The number of hydrogen-bond acceptors (Lipinski definition) is 3. The Morgan fingerprint density at radius 2 is 2.00 bits per heavy atom. The van der Waals surface area contributed by atoms with Crippen molar-refractivity contribution in [3.8, 4) is 11.5 Å². The molecule has 1 aromatic rings. The van der Waals surface area contributed by atoms with Crippen molar-refractivity contribution in [2.24, 2.45) is 11.7 Å². The molecule has 1 aliphatic carbocycles. The van der Waals surface area contributed by atoms with Crippen LogP contribution in [0.1, 0.15) is 37.3 Å². The van der Waals surface area contributed by atoms with Crippen molar-refractivity contribution < 1.29 is 9.84 Å². The fourth-order valence-corrected chi connectivity index (χ4v) is 2.49. The van der Waals surface area contributed by atoms with E-state index in [2.05, 4.69) is 0 Å². The molecule has 1 aliphatic rings. The summed E-state index contributed by atoms with van der Waals surface area (Å²) in [6.07, 6.45) is 5.00. The van der Waals surface area contributed by atoms with Gasteiger partial charge in [0.25, 0.3) is 0 Å². The van der Waals surface area contributed by atoms with E-state index in [0.717, 1.165) is 5.56 Å². The molecule has 0 bridgehead atoms. The smallest absolute Gasteiger partial charge is 0.160 e. The Morgan fingerprint density at radius 3 is 2.59 bits per heavy atom. The van der Waals surface area contributed by atoms with Gasteiger partial charge in [0, 0.05) is 6.04 Å². The highest BCUT2D eigenvalue weighted by atomic mass is 35.5. The Hall–Kier alpha value is -0.930. The molecule has 1 aromatic carbocycles. The van der Waals surface area contributed by atoms with Gasteiger partial charge >= 0.3 is 0 Å². The molecule has 1 atom stereocenters. The van der Waals surface area contributed by atoms with E-state index < -0.39 is 0 Å². The number of phenolic OH excluding ortho intramolecular Hbond substituents is 1. The topological polar surface area (TPSA) is 55.5 Å². The highest BCUT2D eigenvalue weighted by Gasteiger charge is 2.23.